The molecule has 3 nitrogen and oxygen atoms in total. The molecule has 0 atom stereocenters. The van der Waals surface area contributed by atoms with Crippen molar-refractivity contribution in [1.29, 1.82) is 0 Å². The van der Waals surface area contributed by atoms with Crippen LogP contribution in [0.25, 0.3) is 22.2 Å². The molecule has 1 aromatic carbocycles. The normalized spacial score (nSPS) is 11.0. The van der Waals surface area contributed by atoms with Crippen molar-refractivity contribution in [2.75, 3.05) is 0 Å². The van der Waals surface area contributed by atoms with Gasteiger partial charge >= 0.3 is 0 Å². The minimum atomic E-state index is 0.0174. The van der Waals surface area contributed by atoms with E-state index in [-0.39, 0.29) is 5.78 Å². The molecule has 0 aliphatic heterocycles. The lowest BCUT2D eigenvalue weighted by molar-refractivity contribution is 0.101. The third kappa shape index (κ3) is 1.66. The summed E-state index contributed by atoms with van der Waals surface area (Å²) in [4.78, 5) is 19.1. The largest absolute Gasteiger partial charge is 0.358 e. The molecule has 0 amide bonds. The van der Waals surface area contributed by atoms with E-state index in [9.17, 15) is 4.79 Å². The molecule has 0 spiro atoms. The molecule has 0 radical (unpaired) electrons. The number of aryl methyl sites for hydroxylation is 1. The van der Waals surface area contributed by atoms with Gasteiger partial charge in [0.2, 0.25) is 0 Å². The maximum Gasteiger partial charge on any atom is 0.188 e. The lowest BCUT2D eigenvalue weighted by Crippen LogP contribution is -1.90. The molecule has 0 bridgehead atoms. The van der Waals surface area contributed by atoms with Gasteiger partial charge in [0.05, 0.1) is 5.69 Å². The predicted molar refractivity (Wildman–Crippen MR) is 74.1 cm³/mol. The van der Waals surface area contributed by atoms with Gasteiger partial charge < -0.3 is 4.98 Å². The average Bonchev–Trinajstić information content (AvgIpc) is 2.91. The minimum Gasteiger partial charge on any atom is -0.358 e. The molecular weight excluding hydrogens is 244 g/mol. The van der Waals surface area contributed by atoms with Gasteiger partial charge in [-0.15, -0.1) is 11.3 Å². The standard InChI is InChI=1S/C14H12N2OS/c1-8-13(10-5-3-4-6-11(10)15-8)12-7-18-14(16-12)9(2)17/h3-7,15H,1-2H3. The number of nitrogens with zero attached hydrogens (tertiary/aromatic N) is 1. The third-order valence-corrected chi connectivity index (χ3v) is 3.90. The van der Waals surface area contributed by atoms with Gasteiger partial charge in [0, 0.05) is 34.5 Å². The summed E-state index contributed by atoms with van der Waals surface area (Å²) < 4.78 is 0. The minimum absolute atomic E-state index is 0.0174. The molecule has 3 rings (SSSR count). The first kappa shape index (κ1) is 11.2. The van der Waals surface area contributed by atoms with Gasteiger partial charge in [-0.25, -0.2) is 4.98 Å². The molecule has 1 N–H and O–H groups in total. The Morgan fingerprint density at radius 1 is 1.33 bits per heavy atom. The number of aromatic nitrogens is 2. The van der Waals surface area contributed by atoms with Crippen LogP contribution in [-0.4, -0.2) is 15.8 Å². The van der Waals surface area contributed by atoms with Crippen LogP contribution in [0.1, 0.15) is 22.4 Å². The second-order valence-corrected chi connectivity index (χ2v) is 5.12. The number of rotatable bonds is 2. The number of H-pyrrole nitrogens is 1. The topological polar surface area (TPSA) is 45.8 Å². The van der Waals surface area contributed by atoms with Crippen molar-refractivity contribution in [1.82, 2.24) is 9.97 Å². The van der Waals surface area contributed by atoms with E-state index in [2.05, 4.69) is 16.0 Å². The summed E-state index contributed by atoms with van der Waals surface area (Å²) in [6, 6.07) is 8.13. The first-order valence-electron chi connectivity index (χ1n) is 5.71. The van der Waals surface area contributed by atoms with Crippen molar-refractivity contribution < 1.29 is 4.79 Å². The van der Waals surface area contributed by atoms with Crippen LogP contribution >= 0.6 is 11.3 Å². The van der Waals surface area contributed by atoms with Crippen molar-refractivity contribution in [2.45, 2.75) is 13.8 Å². The Bertz CT molecular complexity index is 739. The Morgan fingerprint density at radius 3 is 2.83 bits per heavy atom. The summed E-state index contributed by atoms with van der Waals surface area (Å²) in [5, 5.41) is 3.66. The summed E-state index contributed by atoms with van der Waals surface area (Å²) in [6.07, 6.45) is 0. The van der Waals surface area contributed by atoms with Crippen LogP contribution in [0, 0.1) is 6.92 Å². The molecular formula is C14H12N2OS. The number of hydrogen-bond donors (Lipinski definition) is 1. The van der Waals surface area contributed by atoms with E-state index < -0.39 is 0 Å². The fraction of sp³-hybridized carbons (Fsp3) is 0.143. The van der Waals surface area contributed by atoms with Crippen molar-refractivity contribution in [2.24, 2.45) is 0 Å². The quantitative estimate of drug-likeness (QED) is 0.709. The number of nitrogens with one attached hydrogen (secondary N) is 1. The maximum atomic E-state index is 11.3. The van der Waals surface area contributed by atoms with Crippen molar-refractivity contribution in [3.05, 3.63) is 40.3 Å². The van der Waals surface area contributed by atoms with Crippen LogP contribution in [0.4, 0.5) is 0 Å². The van der Waals surface area contributed by atoms with Gasteiger partial charge in [-0.3, -0.25) is 4.79 Å². The number of fused-ring (bicyclic) bond motifs is 1. The van der Waals surface area contributed by atoms with Crippen LogP contribution in [0.5, 0.6) is 0 Å². The number of benzene rings is 1. The van der Waals surface area contributed by atoms with Crippen molar-refractivity contribution >= 4 is 28.0 Å². The fourth-order valence-electron chi connectivity index (χ4n) is 2.16. The predicted octanol–water partition coefficient (Wildman–Crippen LogP) is 3.80. The highest BCUT2D eigenvalue weighted by Crippen LogP contribution is 2.32. The van der Waals surface area contributed by atoms with Gasteiger partial charge in [-0.2, -0.15) is 0 Å². The molecule has 3 aromatic rings. The van der Waals surface area contributed by atoms with E-state index in [4.69, 9.17) is 0 Å². The zero-order valence-corrected chi connectivity index (χ0v) is 11.0. The number of Topliss-reactive ketones (excluding diaryl/α,β-unsaturated/α-hetero) is 1. The molecule has 90 valence electrons. The molecule has 0 saturated carbocycles. The second-order valence-electron chi connectivity index (χ2n) is 4.26. The summed E-state index contributed by atoms with van der Waals surface area (Å²) >= 11 is 1.40. The number of carbonyl (C=O) groups is 1. The van der Waals surface area contributed by atoms with Crippen LogP contribution in [-0.2, 0) is 0 Å². The lowest BCUT2D eigenvalue weighted by Gasteiger charge is -1.96. The molecule has 0 aliphatic carbocycles. The second kappa shape index (κ2) is 4.07. The lowest BCUT2D eigenvalue weighted by atomic mass is 10.1. The summed E-state index contributed by atoms with van der Waals surface area (Å²) in [7, 11) is 0. The SMILES string of the molecule is CC(=O)c1nc(-c2c(C)[nH]c3ccccc23)cs1. The molecule has 4 heteroatoms. The molecule has 0 unspecified atom stereocenters. The van der Waals surface area contributed by atoms with Crippen LogP contribution in [0.3, 0.4) is 0 Å². The fourth-order valence-corrected chi connectivity index (χ4v) is 2.87. The molecule has 0 fully saturated rings. The van der Waals surface area contributed by atoms with Gasteiger partial charge in [-0.05, 0) is 13.0 Å². The van der Waals surface area contributed by atoms with Crippen LogP contribution in [0.2, 0.25) is 0 Å². The monoisotopic (exact) mass is 256 g/mol. The van der Waals surface area contributed by atoms with E-state index in [0.29, 0.717) is 5.01 Å². The zero-order chi connectivity index (χ0) is 12.7. The van der Waals surface area contributed by atoms with E-state index in [1.165, 1.54) is 11.3 Å². The third-order valence-electron chi connectivity index (χ3n) is 2.96. The Labute approximate surface area is 108 Å². The Morgan fingerprint density at radius 2 is 2.11 bits per heavy atom. The zero-order valence-electron chi connectivity index (χ0n) is 10.2. The van der Waals surface area contributed by atoms with E-state index in [0.717, 1.165) is 27.9 Å². The number of para-hydroxylation sites is 1. The highest BCUT2D eigenvalue weighted by atomic mass is 32.1. The molecule has 0 aliphatic rings. The maximum absolute atomic E-state index is 11.3. The smallest absolute Gasteiger partial charge is 0.188 e. The van der Waals surface area contributed by atoms with Gasteiger partial charge in [0.15, 0.2) is 10.8 Å². The first-order valence-corrected chi connectivity index (χ1v) is 6.59. The molecule has 2 aromatic heterocycles. The Balaban J connectivity index is 2.24. The van der Waals surface area contributed by atoms with Crippen LogP contribution < -0.4 is 0 Å². The van der Waals surface area contributed by atoms with Crippen molar-refractivity contribution in [3.8, 4) is 11.3 Å². The molecule has 18 heavy (non-hydrogen) atoms. The van der Waals surface area contributed by atoms with E-state index in [1.54, 1.807) is 6.92 Å². The molecule has 0 saturated heterocycles. The van der Waals surface area contributed by atoms with Gasteiger partial charge in [-0.1, -0.05) is 18.2 Å². The highest BCUT2D eigenvalue weighted by molar-refractivity contribution is 7.12. The number of aromatic amines is 1. The summed E-state index contributed by atoms with van der Waals surface area (Å²) in [5.41, 5.74) is 4.15. The number of hydrogen-bond acceptors (Lipinski definition) is 3. The number of thiazole rings is 1. The van der Waals surface area contributed by atoms with Crippen molar-refractivity contribution in [3.63, 3.8) is 0 Å². The molecule has 2 heterocycles. The van der Waals surface area contributed by atoms with Gasteiger partial charge in [0.25, 0.3) is 0 Å². The van der Waals surface area contributed by atoms with E-state index >= 15 is 0 Å². The average molecular weight is 256 g/mol. The Kier molecular flexibility index (Phi) is 2.52. The van der Waals surface area contributed by atoms with E-state index in [1.807, 2.05) is 30.5 Å². The number of carbonyl (C=O) groups excluding carboxylic acids is 1. The number of ketones is 1. The Hall–Kier alpha value is -1.94. The summed E-state index contributed by atoms with van der Waals surface area (Å²) in [6.45, 7) is 3.58. The summed E-state index contributed by atoms with van der Waals surface area (Å²) in [5.74, 6) is 0.0174. The van der Waals surface area contributed by atoms with Crippen LogP contribution in [0.15, 0.2) is 29.6 Å². The first-order chi connectivity index (χ1) is 8.66. The van der Waals surface area contributed by atoms with Gasteiger partial charge in [0.1, 0.15) is 0 Å². The highest BCUT2D eigenvalue weighted by Gasteiger charge is 2.14.